The number of pyridine rings is 1. The molecule has 0 aliphatic carbocycles. The van der Waals surface area contributed by atoms with Gasteiger partial charge in [-0.25, -0.2) is 0 Å². The molecule has 1 N–H and O–H groups in total. The zero-order valence-corrected chi connectivity index (χ0v) is 11.5. The highest BCUT2D eigenvalue weighted by Crippen LogP contribution is 2.27. The lowest BCUT2D eigenvalue weighted by molar-refractivity contribution is -0.117. The minimum absolute atomic E-state index is 0.0781. The van der Waals surface area contributed by atoms with Gasteiger partial charge in [0.15, 0.2) is 0 Å². The molecule has 2 amide bonds. The average Bonchev–Trinajstić information content (AvgIpc) is 2.84. The Labute approximate surface area is 122 Å². The highest BCUT2D eigenvalue weighted by Gasteiger charge is 2.26. The van der Waals surface area contributed by atoms with Gasteiger partial charge in [-0.1, -0.05) is 18.2 Å². The lowest BCUT2D eigenvalue weighted by Crippen LogP contribution is -2.36. The first-order valence-electron chi connectivity index (χ1n) is 6.82. The van der Waals surface area contributed by atoms with E-state index in [1.165, 1.54) is 0 Å². The van der Waals surface area contributed by atoms with Crippen LogP contribution >= 0.6 is 0 Å². The van der Waals surface area contributed by atoms with Crippen LogP contribution in [0.1, 0.15) is 15.9 Å². The topological polar surface area (TPSA) is 62.3 Å². The first kappa shape index (κ1) is 13.3. The van der Waals surface area contributed by atoms with Crippen molar-refractivity contribution < 1.29 is 9.59 Å². The van der Waals surface area contributed by atoms with Crippen LogP contribution in [-0.4, -0.2) is 29.9 Å². The van der Waals surface area contributed by atoms with Gasteiger partial charge in [0.2, 0.25) is 5.91 Å². The average molecular weight is 281 g/mol. The molecular formula is C16H15N3O2. The number of nitrogens with one attached hydrogen (secondary N) is 1. The smallest absolute Gasteiger partial charge is 0.251 e. The zero-order chi connectivity index (χ0) is 14.7. The van der Waals surface area contributed by atoms with E-state index in [1.807, 2.05) is 24.3 Å². The van der Waals surface area contributed by atoms with E-state index in [0.717, 1.165) is 11.3 Å². The number of rotatable bonds is 4. The molecule has 2 heterocycles. The van der Waals surface area contributed by atoms with E-state index in [2.05, 4.69) is 10.3 Å². The second-order valence-corrected chi connectivity index (χ2v) is 4.84. The molecule has 0 radical (unpaired) electrons. The molecule has 0 spiro atoms. The number of hydrogen-bond donors (Lipinski definition) is 1. The van der Waals surface area contributed by atoms with Crippen LogP contribution in [0.3, 0.4) is 0 Å². The molecule has 0 fully saturated rings. The van der Waals surface area contributed by atoms with Gasteiger partial charge in [0.1, 0.15) is 0 Å². The summed E-state index contributed by atoms with van der Waals surface area (Å²) in [5.41, 5.74) is 2.56. The van der Waals surface area contributed by atoms with Gasteiger partial charge in [-0.15, -0.1) is 0 Å². The molecule has 0 saturated heterocycles. The molecule has 0 unspecified atom stereocenters. The van der Waals surface area contributed by atoms with Gasteiger partial charge in [-0.2, -0.15) is 0 Å². The Bertz CT molecular complexity index is 670. The molecule has 5 nitrogen and oxygen atoms in total. The maximum absolute atomic E-state index is 12.0. The fourth-order valence-electron chi connectivity index (χ4n) is 2.45. The number of amides is 2. The Balaban J connectivity index is 1.59. The van der Waals surface area contributed by atoms with E-state index in [4.69, 9.17) is 0 Å². The molecule has 0 bridgehead atoms. The normalized spacial score (nSPS) is 13.1. The third-order valence-electron chi connectivity index (χ3n) is 3.49. The van der Waals surface area contributed by atoms with Gasteiger partial charge in [-0.3, -0.25) is 14.6 Å². The van der Waals surface area contributed by atoms with Crippen molar-refractivity contribution in [1.82, 2.24) is 10.3 Å². The summed E-state index contributed by atoms with van der Waals surface area (Å²) in [5.74, 6) is -0.0771. The predicted molar refractivity (Wildman–Crippen MR) is 79.1 cm³/mol. The molecular weight excluding hydrogens is 266 g/mol. The molecule has 5 heteroatoms. The van der Waals surface area contributed by atoms with Crippen molar-refractivity contribution in [3.8, 4) is 0 Å². The molecule has 1 aliphatic rings. The van der Waals surface area contributed by atoms with Gasteiger partial charge >= 0.3 is 0 Å². The molecule has 0 saturated carbocycles. The number of carbonyl (C=O) groups excluding carboxylic acids is 2. The number of hydrogen-bond acceptors (Lipinski definition) is 3. The number of para-hydroxylation sites is 1. The van der Waals surface area contributed by atoms with E-state index in [9.17, 15) is 9.59 Å². The molecule has 1 aromatic carbocycles. The second-order valence-electron chi connectivity index (χ2n) is 4.84. The number of nitrogens with zero attached hydrogens (tertiary/aromatic N) is 2. The second kappa shape index (κ2) is 5.75. The van der Waals surface area contributed by atoms with E-state index in [0.29, 0.717) is 25.1 Å². The summed E-state index contributed by atoms with van der Waals surface area (Å²) in [6.07, 6.45) is 3.60. The van der Waals surface area contributed by atoms with Crippen molar-refractivity contribution in [2.24, 2.45) is 0 Å². The maximum atomic E-state index is 12.0. The summed E-state index contributed by atoms with van der Waals surface area (Å²) in [6, 6.07) is 11.1. The third kappa shape index (κ3) is 2.76. The van der Waals surface area contributed by atoms with Crippen molar-refractivity contribution in [2.45, 2.75) is 6.42 Å². The van der Waals surface area contributed by atoms with Crippen LogP contribution in [0.4, 0.5) is 5.69 Å². The SMILES string of the molecule is O=C(NCCN1C(=O)Cc2ccccc21)c1ccncc1. The van der Waals surface area contributed by atoms with Crippen molar-refractivity contribution >= 4 is 17.5 Å². The Morgan fingerprint density at radius 1 is 1.19 bits per heavy atom. The Kier molecular flexibility index (Phi) is 3.64. The number of carbonyl (C=O) groups is 2. The summed E-state index contributed by atoms with van der Waals surface area (Å²) < 4.78 is 0. The van der Waals surface area contributed by atoms with Crippen LogP contribution in [0.15, 0.2) is 48.8 Å². The van der Waals surface area contributed by atoms with Gasteiger partial charge in [-0.05, 0) is 23.8 Å². The number of fused-ring (bicyclic) bond motifs is 1. The van der Waals surface area contributed by atoms with Crippen molar-refractivity contribution in [3.63, 3.8) is 0 Å². The summed E-state index contributed by atoms with van der Waals surface area (Å²) in [4.78, 5) is 29.5. The van der Waals surface area contributed by atoms with Crippen LogP contribution in [-0.2, 0) is 11.2 Å². The molecule has 1 aromatic heterocycles. The van der Waals surface area contributed by atoms with E-state index in [-0.39, 0.29) is 11.8 Å². The Hall–Kier alpha value is -2.69. The number of aromatic nitrogens is 1. The molecule has 21 heavy (non-hydrogen) atoms. The van der Waals surface area contributed by atoms with Crippen molar-refractivity contribution in [2.75, 3.05) is 18.0 Å². The van der Waals surface area contributed by atoms with Crippen molar-refractivity contribution in [1.29, 1.82) is 0 Å². The van der Waals surface area contributed by atoms with E-state index >= 15 is 0 Å². The third-order valence-corrected chi connectivity index (χ3v) is 3.49. The van der Waals surface area contributed by atoms with Gasteiger partial charge in [0, 0.05) is 36.7 Å². The molecule has 2 aromatic rings. The molecule has 3 rings (SSSR count). The standard InChI is InChI=1S/C16H15N3O2/c20-15-11-13-3-1-2-4-14(13)19(15)10-9-18-16(21)12-5-7-17-8-6-12/h1-8H,9-11H2,(H,18,21). The molecule has 106 valence electrons. The quantitative estimate of drug-likeness (QED) is 0.921. The Morgan fingerprint density at radius 2 is 1.95 bits per heavy atom. The largest absolute Gasteiger partial charge is 0.350 e. The first-order chi connectivity index (χ1) is 10.3. The van der Waals surface area contributed by atoms with Crippen LogP contribution < -0.4 is 10.2 Å². The fourth-order valence-corrected chi connectivity index (χ4v) is 2.45. The zero-order valence-electron chi connectivity index (χ0n) is 11.5. The van der Waals surface area contributed by atoms with Crippen LogP contribution in [0.5, 0.6) is 0 Å². The van der Waals surface area contributed by atoms with Crippen LogP contribution in [0.2, 0.25) is 0 Å². The van der Waals surface area contributed by atoms with E-state index in [1.54, 1.807) is 29.4 Å². The minimum Gasteiger partial charge on any atom is -0.350 e. The summed E-state index contributed by atoms with van der Waals surface area (Å²) in [5, 5.41) is 2.82. The van der Waals surface area contributed by atoms with Gasteiger partial charge < -0.3 is 10.2 Å². The molecule has 1 aliphatic heterocycles. The first-order valence-corrected chi connectivity index (χ1v) is 6.82. The van der Waals surface area contributed by atoms with Crippen LogP contribution in [0.25, 0.3) is 0 Å². The summed E-state index contributed by atoms with van der Waals surface area (Å²) in [6.45, 7) is 0.897. The van der Waals surface area contributed by atoms with Gasteiger partial charge in [0.25, 0.3) is 5.91 Å². The minimum atomic E-state index is -0.155. The highest BCUT2D eigenvalue weighted by molar-refractivity contribution is 6.01. The Morgan fingerprint density at radius 3 is 2.76 bits per heavy atom. The highest BCUT2D eigenvalue weighted by atomic mass is 16.2. The number of benzene rings is 1. The molecule has 0 atom stereocenters. The summed E-state index contributed by atoms with van der Waals surface area (Å²) in [7, 11) is 0. The lowest BCUT2D eigenvalue weighted by atomic mass is 10.2. The van der Waals surface area contributed by atoms with E-state index < -0.39 is 0 Å². The maximum Gasteiger partial charge on any atom is 0.251 e. The fraction of sp³-hybridized carbons (Fsp3) is 0.188. The lowest BCUT2D eigenvalue weighted by Gasteiger charge is -2.17. The van der Waals surface area contributed by atoms with Crippen molar-refractivity contribution in [3.05, 3.63) is 59.9 Å². The summed E-state index contributed by atoms with van der Waals surface area (Å²) >= 11 is 0. The van der Waals surface area contributed by atoms with Crippen LogP contribution in [0, 0.1) is 0 Å². The predicted octanol–water partition coefficient (Wildman–Crippen LogP) is 1.40. The monoisotopic (exact) mass is 281 g/mol. The van der Waals surface area contributed by atoms with Gasteiger partial charge in [0.05, 0.1) is 6.42 Å². The number of anilines is 1.